The van der Waals surface area contributed by atoms with Crippen LogP contribution in [0.4, 0.5) is 11.4 Å². The minimum absolute atomic E-state index is 0.215. The third-order valence-electron chi connectivity index (χ3n) is 2.90. The number of rotatable bonds is 2. The van der Waals surface area contributed by atoms with Crippen LogP contribution in [0.15, 0.2) is 24.4 Å². The molecule has 0 aliphatic carbocycles. The Balaban J connectivity index is 1.79. The lowest BCUT2D eigenvalue weighted by Crippen LogP contribution is -2.14. The van der Waals surface area contributed by atoms with Gasteiger partial charge in [-0.25, -0.2) is 0 Å². The fourth-order valence-electron chi connectivity index (χ4n) is 2.01. The Kier molecular flexibility index (Phi) is 2.93. The van der Waals surface area contributed by atoms with Crippen molar-refractivity contribution in [1.82, 2.24) is 8.75 Å². The minimum atomic E-state index is -0.215. The zero-order chi connectivity index (χ0) is 12.4. The Morgan fingerprint density at radius 3 is 3.22 bits per heavy atom. The largest absolute Gasteiger partial charge is 0.385 e. The lowest BCUT2D eigenvalue weighted by atomic mass is 10.0. The van der Waals surface area contributed by atoms with Crippen LogP contribution in [0.5, 0.6) is 0 Å². The van der Waals surface area contributed by atoms with Crippen LogP contribution >= 0.6 is 11.7 Å². The molecule has 1 aliphatic rings. The van der Waals surface area contributed by atoms with Crippen LogP contribution < -0.4 is 10.6 Å². The normalized spacial score (nSPS) is 13.6. The molecule has 0 saturated heterocycles. The first-order valence-corrected chi connectivity index (χ1v) is 6.52. The fraction of sp³-hybridized carbons (Fsp3) is 0.250. The van der Waals surface area contributed by atoms with Crippen molar-refractivity contribution in [2.45, 2.75) is 12.8 Å². The number of hydrogen-bond donors (Lipinski definition) is 2. The summed E-state index contributed by atoms with van der Waals surface area (Å²) in [6.45, 7) is 1.02. The number of nitrogens with zero attached hydrogens (tertiary/aromatic N) is 2. The van der Waals surface area contributed by atoms with Crippen LogP contribution in [0.25, 0.3) is 0 Å². The van der Waals surface area contributed by atoms with Crippen molar-refractivity contribution in [2.75, 3.05) is 17.2 Å². The van der Waals surface area contributed by atoms with Crippen molar-refractivity contribution in [3.8, 4) is 0 Å². The Labute approximate surface area is 109 Å². The SMILES string of the molecule is O=C(Nc1ccc2c(c1)CCCN2)c1cnsn1. The summed E-state index contributed by atoms with van der Waals surface area (Å²) < 4.78 is 7.72. The average molecular weight is 260 g/mol. The molecule has 0 fully saturated rings. The molecule has 0 atom stereocenters. The average Bonchev–Trinajstić information content (AvgIpc) is 2.92. The summed E-state index contributed by atoms with van der Waals surface area (Å²) in [6.07, 6.45) is 3.64. The van der Waals surface area contributed by atoms with E-state index in [0.717, 1.165) is 42.5 Å². The van der Waals surface area contributed by atoms with E-state index < -0.39 is 0 Å². The molecule has 0 unspecified atom stereocenters. The zero-order valence-electron chi connectivity index (χ0n) is 9.64. The summed E-state index contributed by atoms with van der Waals surface area (Å²) in [5.74, 6) is -0.215. The molecule has 1 aromatic carbocycles. The number of carbonyl (C=O) groups is 1. The first-order chi connectivity index (χ1) is 8.83. The highest BCUT2D eigenvalue weighted by Crippen LogP contribution is 2.25. The number of hydrogen-bond acceptors (Lipinski definition) is 5. The topological polar surface area (TPSA) is 66.9 Å². The summed E-state index contributed by atoms with van der Waals surface area (Å²) in [7, 11) is 0. The lowest BCUT2D eigenvalue weighted by Gasteiger charge is -2.18. The van der Waals surface area contributed by atoms with Crippen molar-refractivity contribution >= 4 is 29.0 Å². The van der Waals surface area contributed by atoms with Crippen molar-refractivity contribution in [3.05, 3.63) is 35.7 Å². The van der Waals surface area contributed by atoms with Gasteiger partial charge >= 0.3 is 0 Å². The van der Waals surface area contributed by atoms with E-state index >= 15 is 0 Å². The summed E-state index contributed by atoms with van der Waals surface area (Å²) in [4.78, 5) is 11.8. The molecule has 18 heavy (non-hydrogen) atoms. The number of benzene rings is 1. The van der Waals surface area contributed by atoms with Crippen LogP contribution in [0, 0.1) is 0 Å². The third kappa shape index (κ3) is 2.19. The first-order valence-electron chi connectivity index (χ1n) is 5.78. The van der Waals surface area contributed by atoms with E-state index in [4.69, 9.17) is 0 Å². The molecule has 2 aromatic rings. The maximum absolute atomic E-state index is 11.8. The van der Waals surface area contributed by atoms with E-state index in [0.29, 0.717) is 5.69 Å². The number of anilines is 2. The summed E-state index contributed by atoms with van der Waals surface area (Å²) in [6, 6.07) is 5.91. The molecule has 1 aromatic heterocycles. The smallest absolute Gasteiger partial charge is 0.277 e. The van der Waals surface area contributed by atoms with Gasteiger partial charge in [-0.3, -0.25) is 4.79 Å². The van der Waals surface area contributed by atoms with Gasteiger partial charge in [0.2, 0.25) is 0 Å². The fourth-order valence-corrected chi connectivity index (χ4v) is 2.42. The Morgan fingerprint density at radius 2 is 2.39 bits per heavy atom. The van der Waals surface area contributed by atoms with E-state index in [9.17, 15) is 4.79 Å². The highest BCUT2D eigenvalue weighted by Gasteiger charge is 2.12. The van der Waals surface area contributed by atoms with E-state index in [-0.39, 0.29) is 5.91 Å². The molecule has 5 nitrogen and oxygen atoms in total. The van der Waals surface area contributed by atoms with Crippen molar-refractivity contribution in [1.29, 1.82) is 0 Å². The second kappa shape index (κ2) is 4.73. The van der Waals surface area contributed by atoms with Crippen LogP contribution in [-0.4, -0.2) is 21.2 Å². The van der Waals surface area contributed by atoms with Crippen LogP contribution in [0.3, 0.4) is 0 Å². The number of amides is 1. The predicted molar refractivity (Wildman–Crippen MR) is 71.1 cm³/mol. The van der Waals surface area contributed by atoms with Crippen molar-refractivity contribution in [2.24, 2.45) is 0 Å². The second-order valence-corrected chi connectivity index (χ2v) is 4.71. The summed E-state index contributed by atoms with van der Waals surface area (Å²) in [5, 5.41) is 6.17. The molecule has 0 saturated carbocycles. The molecule has 0 spiro atoms. The van der Waals surface area contributed by atoms with Gasteiger partial charge in [-0.15, -0.1) is 0 Å². The van der Waals surface area contributed by atoms with E-state index in [2.05, 4.69) is 19.4 Å². The zero-order valence-corrected chi connectivity index (χ0v) is 10.5. The predicted octanol–water partition coefficient (Wildman–Crippen LogP) is 2.15. The standard InChI is InChI=1S/C12H12N4OS/c17-12(11-7-14-18-16-11)15-9-3-4-10-8(6-9)2-1-5-13-10/h3-4,6-7,13H,1-2,5H2,(H,15,17). The van der Waals surface area contributed by atoms with Gasteiger partial charge in [0.1, 0.15) is 0 Å². The Bertz CT molecular complexity index is 567. The van der Waals surface area contributed by atoms with E-state index in [1.54, 1.807) is 0 Å². The quantitative estimate of drug-likeness (QED) is 0.868. The molecular weight excluding hydrogens is 248 g/mol. The van der Waals surface area contributed by atoms with Crippen molar-refractivity contribution < 1.29 is 4.79 Å². The molecule has 0 radical (unpaired) electrons. The highest BCUT2D eigenvalue weighted by molar-refractivity contribution is 6.99. The van der Waals surface area contributed by atoms with Gasteiger partial charge in [-0.05, 0) is 36.6 Å². The van der Waals surface area contributed by atoms with Gasteiger partial charge < -0.3 is 10.6 Å². The second-order valence-electron chi connectivity index (χ2n) is 4.15. The molecule has 1 amide bonds. The van der Waals surface area contributed by atoms with Gasteiger partial charge in [0.05, 0.1) is 17.9 Å². The lowest BCUT2D eigenvalue weighted by molar-refractivity contribution is 0.102. The maximum atomic E-state index is 11.8. The molecule has 0 bridgehead atoms. The van der Waals surface area contributed by atoms with Crippen LogP contribution in [-0.2, 0) is 6.42 Å². The summed E-state index contributed by atoms with van der Waals surface area (Å²) >= 11 is 1.03. The maximum Gasteiger partial charge on any atom is 0.277 e. The molecule has 1 aliphatic heterocycles. The van der Waals surface area contributed by atoms with Crippen LogP contribution in [0.1, 0.15) is 22.5 Å². The number of aryl methyl sites for hydroxylation is 1. The molecule has 2 N–H and O–H groups in total. The number of nitrogens with one attached hydrogen (secondary N) is 2. The van der Waals surface area contributed by atoms with Gasteiger partial charge in [-0.2, -0.15) is 8.75 Å². The van der Waals surface area contributed by atoms with Gasteiger partial charge in [0.25, 0.3) is 5.91 Å². The minimum Gasteiger partial charge on any atom is -0.385 e. The van der Waals surface area contributed by atoms with Gasteiger partial charge in [0, 0.05) is 17.9 Å². The van der Waals surface area contributed by atoms with E-state index in [1.807, 2.05) is 18.2 Å². The Hall–Kier alpha value is -1.95. The molecule has 6 heteroatoms. The molecular formula is C12H12N4OS. The molecule has 92 valence electrons. The first kappa shape index (κ1) is 11.2. The van der Waals surface area contributed by atoms with Gasteiger partial charge in [-0.1, -0.05) is 0 Å². The monoisotopic (exact) mass is 260 g/mol. The Morgan fingerprint density at radius 1 is 1.44 bits per heavy atom. The molecule has 2 heterocycles. The third-order valence-corrected chi connectivity index (χ3v) is 3.37. The van der Waals surface area contributed by atoms with Gasteiger partial charge in [0.15, 0.2) is 5.69 Å². The highest BCUT2D eigenvalue weighted by atomic mass is 32.1. The summed E-state index contributed by atoms with van der Waals surface area (Å²) in [5.41, 5.74) is 3.57. The number of carbonyl (C=O) groups excluding carboxylic acids is 1. The van der Waals surface area contributed by atoms with Crippen molar-refractivity contribution in [3.63, 3.8) is 0 Å². The number of aromatic nitrogens is 2. The number of fused-ring (bicyclic) bond motifs is 1. The van der Waals surface area contributed by atoms with Crippen LogP contribution in [0.2, 0.25) is 0 Å². The van der Waals surface area contributed by atoms with E-state index in [1.165, 1.54) is 11.8 Å². The molecule has 3 rings (SSSR count).